The van der Waals surface area contributed by atoms with Gasteiger partial charge >= 0.3 is 0 Å². The number of nitrogens with zero attached hydrogens (tertiary/aromatic N) is 2. The third-order valence-electron chi connectivity index (χ3n) is 7.47. The molecule has 0 aromatic heterocycles. The second-order valence-corrected chi connectivity index (χ2v) is 13.0. The molecular weight excluding hydrogens is 581 g/mol. The van der Waals surface area contributed by atoms with Crippen LogP contribution in [0.4, 0.5) is 5.69 Å². The fraction of sp³-hybridized carbons (Fsp3) is 0.355. The summed E-state index contributed by atoms with van der Waals surface area (Å²) < 4.78 is 28.9. The number of amides is 2. The maximum Gasteiger partial charge on any atom is 0.264 e. The van der Waals surface area contributed by atoms with Crippen LogP contribution in [0, 0.1) is 6.92 Å². The smallest absolute Gasteiger partial charge is 0.264 e. The van der Waals surface area contributed by atoms with Crippen molar-refractivity contribution in [1.29, 1.82) is 0 Å². The van der Waals surface area contributed by atoms with E-state index in [2.05, 4.69) is 5.32 Å². The fourth-order valence-corrected chi connectivity index (χ4v) is 6.87. The Hall–Kier alpha value is -3.07. The van der Waals surface area contributed by atoms with Crippen LogP contribution in [0.5, 0.6) is 0 Å². The Kier molecular flexibility index (Phi) is 10.3. The van der Waals surface area contributed by atoms with E-state index in [1.807, 2.05) is 38.1 Å². The molecule has 41 heavy (non-hydrogen) atoms. The lowest BCUT2D eigenvalue weighted by atomic mass is 10.1. The topological polar surface area (TPSA) is 86.8 Å². The zero-order valence-corrected chi connectivity index (χ0v) is 25.6. The number of benzene rings is 3. The van der Waals surface area contributed by atoms with Crippen molar-refractivity contribution >= 4 is 50.7 Å². The Labute approximate surface area is 252 Å². The molecule has 2 amide bonds. The largest absolute Gasteiger partial charge is 0.352 e. The van der Waals surface area contributed by atoms with Crippen LogP contribution in [0.1, 0.15) is 50.2 Å². The van der Waals surface area contributed by atoms with Crippen molar-refractivity contribution in [3.63, 3.8) is 0 Å². The SMILES string of the molecule is CC[C@H](C(=O)NC1CCCC1)N(Cc1ccccc1C)C(=O)CN(c1cccc(Cl)c1)S(=O)(=O)c1ccc(Cl)cc1. The predicted octanol–water partition coefficient (Wildman–Crippen LogP) is 6.36. The van der Waals surface area contributed by atoms with Crippen molar-refractivity contribution in [3.8, 4) is 0 Å². The van der Waals surface area contributed by atoms with E-state index < -0.39 is 28.5 Å². The molecule has 7 nitrogen and oxygen atoms in total. The number of hydrogen-bond donors (Lipinski definition) is 1. The number of carbonyl (C=O) groups is 2. The monoisotopic (exact) mass is 615 g/mol. The van der Waals surface area contributed by atoms with Crippen LogP contribution in [-0.4, -0.2) is 43.8 Å². The van der Waals surface area contributed by atoms with Crippen molar-refractivity contribution in [3.05, 3.63) is 94.0 Å². The predicted molar refractivity (Wildman–Crippen MR) is 164 cm³/mol. The van der Waals surface area contributed by atoms with Crippen LogP contribution < -0.4 is 9.62 Å². The summed E-state index contributed by atoms with van der Waals surface area (Å²) >= 11 is 12.2. The van der Waals surface area contributed by atoms with Gasteiger partial charge in [0.05, 0.1) is 10.6 Å². The second kappa shape index (κ2) is 13.7. The van der Waals surface area contributed by atoms with E-state index in [0.29, 0.717) is 16.5 Å². The molecule has 0 spiro atoms. The first-order valence-electron chi connectivity index (χ1n) is 13.8. The molecule has 1 atom stereocenters. The van der Waals surface area contributed by atoms with Gasteiger partial charge in [-0.1, -0.05) is 73.3 Å². The molecule has 218 valence electrons. The molecule has 0 heterocycles. The van der Waals surface area contributed by atoms with Gasteiger partial charge in [-0.25, -0.2) is 8.42 Å². The van der Waals surface area contributed by atoms with Crippen LogP contribution in [0.15, 0.2) is 77.7 Å². The van der Waals surface area contributed by atoms with Gasteiger partial charge in [0.25, 0.3) is 10.0 Å². The van der Waals surface area contributed by atoms with Gasteiger partial charge in [-0.15, -0.1) is 0 Å². The van der Waals surface area contributed by atoms with Crippen molar-refractivity contribution in [2.45, 2.75) is 69.5 Å². The molecule has 0 bridgehead atoms. The quantitative estimate of drug-likeness (QED) is 0.272. The van der Waals surface area contributed by atoms with E-state index in [1.54, 1.807) is 18.2 Å². The highest BCUT2D eigenvalue weighted by atomic mass is 35.5. The van der Waals surface area contributed by atoms with Crippen molar-refractivity contribution in [2.24, 2.45) is 0 Å². The molecule has 1 N–H and O–H groups in total. The summed E-state index contributed by atoms with van der Waals surface area (Å²) in [6.07, 6.45) is 4.32. The lowest BCUT2D eigenvalue weighted by Gasteiger charge is -2.34. The van der Waals surface area contributed by atoms with Crippen LogP contribution in [0.25, 0.3) is 0 Å². The molecule has 1 saturated carbocycles. The minimum absolute atomic E-state index is 0.0221. The van der Waals surface area contributed by atoms with E-state index >= 15 is 0 Å². The molecule has 0 unspecified atom stereocenters. The van der Waals surface area contributed by atoms with Gasteiger partial charge in [0, 0.05) is 22.6 Å². The maximum atomic E-state index is 14.2. The van der Waals surface area contributed by atoms with Crippen LogP contribution in [0.2, 0.25) is 10.0 Å². The normalized spacial score (nSPS) is 14.4. The fourth-order valence-electron chi connectivity index (χ4n) is 5.15. The lowest BCUT2D eigenvalue weighted by Crippen LogP contribution is -2.53. The first kappa shape index (κ1) is 30.9. The van der Waals surface area contributed by atoms with E-state index in [1.165, 1.54) is 35.2 Å². The van der Waals surface area contributed by atoms with Crippen molar-refractivity contribution in [2.75, 3.05) is 10.8 Å². The number of rotatable bonds is 11. The molecule has 0 radical (unpaired) electrons. The van der Waals surface area contributed by atoms with E-state index in [-0.39, 0.29) is 29.1 Å². The summed E-state index contributed by atoms with van der Waals surface area (Å²) in [5, 5.41) is 3.84. The highest BCUT2D eigenvalue weighted by molar-refractivity contribution is 7.92. The van der Waals surface area contributed by atoms with E-state index in [4.69, 9.17) is 23.2 Å². The van der Waals surface area contributed by atoms with Gasteiger partial charge in [0.1, 0.15) is 12.6 Å². The number of halogens is 2. The van der Waals surface area contributed by atoms with Crippen molar-refractivity contribution in [1.82, 2.24) is 10.2 Å². The molecule has 4 rings (SSSR count). The molecule has 1 fully saturated rings. The van der Waals surface area contributed by atoms with Gasteiger partial charge < -0.3 is 10.2 Å². The summed E-state index contributed by atoms with van der Waals surface area (Å²) in [5.74, 6) is -0.726. The average molecular weight is 617 g/mol. The third-order valence-corrected chi connectivity index (χ3v) is 9.74. The first-order chi connectivity index (χ1) is 19.6. The maximum absolute atomic E-state index is 14.2. The van der Waals surface area contributed by atoms with Gasteiger partial charge in [-0.3, -0.25) is 13.9 Å². The van der Waals surface area contributed by atoms with Gasteiger partial charge in [0.2, 0.25) is 11.8 Å². The lowest BCUT2D eigenvalue weighted by molar-refractivity contribution is -0.140. The summed E-state index contributed by atoms with van der Waals surface area (Å²) in [6, 6.07) is 19.1. The number of sulfonamides is 1. The Balaban J connectivity index is 1.72. The number of hydrogen-bond acceptors (Lipinski definition) is 4. The average Bonchev–Trinajstić information content (AvgIpc) is 3.45. The number of nitrogens with one attached hydrogen (secondary N) is 1. The summed E-state index contributed by atoms with van der Waals surface area (Å²) in [5.41, 5.74) is 2.08. The summed E-state index contributed by atoms with van der Waals surface area (Å²) in [6.45, 7) is 3.44. The molecule has 0 saturated heterocycles. The number of aryl methyl sites for hydroxylation is 1. The van der Waals surface area contributed by atoms with Crippen LogP contribution in [0.3, 0.4) is 0 Å². The van der Waals surface area contributed by atoms with Gasteiger partial charge in [-0.2, -0.15) is 0 Å². The Morgan fingerprint density at radius 2 is 1.63 bits per heavy atom. The molecule has 1 aliphatic rings. The van der Waals surface area contributed by atoms with Crippen LogP contribution in [-0.2, 0) is 26.2 Å². The third kappa shape index (κ3) is 7.61. The molecule has 1 aliphatic carbocycles. The molecule has 0 aliphatic heterocycles. The summed E-state index contributed by atoms with van der Waals surface area (Å²) in [7, 11) is -4.20. The zero-order chi connectivity index (χ0) is 29.6. The molecule has 10 heteroatoms. The van der Waals surface area contributed by atoms with Crippen LogP contribution >= 0.6 is 23.2 Å². The standard InChI is InChI=1S/C31H35Cl2N3O4S/c1-3-29(31(38)34-26-12-6-7-13-26)35(20-23-10-5-4-9-22(23)2)30(37)21-36(27-14-8-11-25(33)19-27)41(39,40)28-17-15-24(32)16-18-28/h4-5,8-11,14-19,26,29H,3,6-7,12-13,20-21H2,1-2H3,(H,34,38)/t29-/m1/s1. The minimum atomic E-state index is -4.20. The minimum Gasteiger partial charge on any atom is -0.352 e. The van der Waals surface area contributed by atoms with Gasteiger partial charge in [0.15, 0.2) is 0 Å². The molecular formula is C31H35Cl2N3O4S. The van der Waals surface area contributed by atoms with E-state index in [9.17, 15) is 18.0 Å². The number of carbonyl (C=O) groups excluding carboxylic acids is 2. The number of anilines is 1. The highest BCUT2D eigenvalue weighted by Crippen LogP contribution is 2.28. The first-order valence-corrected chi connectivity index (χ1v) is 16.0. The summed E-state index contributed by atoms with van der Waals surface area (Å²) in [4.78, 5) is 29.2. The zero-order valence-electron chi connectivity index (χ0n) is 23.2. The second-order valence-electron chi connectivity index (χ2n) is 10.3. The van der Waals surface area contributed by atoms with E-state index in [0.717, 1.165) is 41.1 Å². The molecule has 3 aromatic rings. The van der Waals surface area contributed by atoms with Gasteiger partial charge in [-0.05, 0) is 79.8 Å². The van der Waals surface area contributed by atoms with Crippen molar-refractivity contribution < 1.29 is 18.0 Å². The Morgan fingerprint density at radius 3 is 2.27 bits per heavy atom. The molecule has 3 aromatic carbocycles. The Morgan fingerprint density at radius 1 is 0.951 bits per heavy atom. The highest BCUT2D eigenvalue weighted by Gasteiger charge is 2.34. The Bertz CT molecular complexity index is 1470.